The van der Waals surface area contributed by atoms with Gasteiger partial charge in [0, 0.05) is 43.0 Å². The second-order valence-corrected chi connectivity index (χ2v) is 11.6. The second-order valence-electron chi connectivity index (χ2n) is 9.23. The third-order valence-electron chi connectivity index (χ3n) is 6.80. The van der Waals surface area contributed by atoms with Crippen molar-refractivity contribution in [3.05, 3.63) is 58.9 Å². The molecule has 0 saturated carbocycles. The average Bonchev–Trinajstić information content (AvgIpc) is 2.86. The molecule has 4 rings (SSSR count). The lowest BCUT2D eigenvalue weighted by molar-refractivity contribution is -0.139. The fourth-order valence-electron chi connectivity index (χ4n) is 4.52. The zero-order valence-electron chi connectivity index (χ0n) is 19.7. The molecule has 0 aromatic heterocycles. The van der Waals surface area contributed by atoms with Gasteiger partial charge in [0.05, 0.1) is 24.7 Å². The van der Waals surface area contributed by atoms with E-state index in [1.54, 1.807) is 17.0 Å². The van der Waals surface area contributed by atoms with E-state index in [0.717, 1.165) is 17.7 Å². The minimum Gasteiger partial charge on any atom is -0.493 e. The molecule has 2 aliphatic rings. The molecule has 10 heteroatoms. The number of amides is 1. The van der Waals surface area contributed by atoms with Crippen LogP contribution in [0.25, 0.3) is 0 Å². The molecule has 35 heavy (non-hydrogen) atoms. The summed E-state index contributed by atoms with van der Waals surface area (Å²) >= 11 is 6.13. The Balaban J connectivity index is 1.49. The van der Waals surface area contributed by atoms with Crippen LogP contribution in [0.4, 0.5) is 4.39 Å². The molecule has 190 valence electrons. The first-order valence-electron chi connectivity index (χ1n) is 11.7. The molecule has 2 aliphatic heterocycles. The maximum absolute atomic E-state index is 13.3. The van der Waals surface area contributed by atoms with E-state index in [4.69, 9.17) is 21.1 Å². The molecule has 0 N–H and O–H groups in total. The molecule has 2 aromatic rings. The maximum Gasteiger partial charge on any atom is 0.243 e. The first-order valence-corrected chi connectivity index (χ1v) is 13.5. The molecule has 0 spiro atoms. The Hall–Kier alpha value is -2.20. The smallest absolute Gasteiger partial charge is 0.243 e. The van der Waals surface area contributed by atoms with E-state index >= 15 is 0 Å². The molecule has 0 atom stereocenters. The van der Waals surface area contributed by atoms with Gasteiger partial charge in [-0.1, -0.05) is 11.6 Å². The molecule has 2 fully saturated rings. The van der Waals surface area contributed by atoms with Crippen LogP contribution in [0.5, 0.6) is 5.75 Å². The largest absolute Gasteiger partial charge is 0.493 e. The number of aryl methyl sites for hydroxylation is 1. The Bertz CT molecular complexity index is 1140. The van der Waals surface area contributed by atoms with Crippen molar-refractivity contribution in [2.24, 2.45) is 5.41 Å². The van der Waals surface area contributed by atoms with E-state index in [-0.39, 0.29) is 36.9 Å². The molecule has 2 saturated heterocycles. The number of hydrogen-bond acceptors (Lipinski definition) is 5. The van der Waals surface area contributed by atoms with Gasteiger partial charge in [-0.3, -0.25) is 4.79 Å². The maximum atomic E-state index is 13.3. The van der Waals surface area contributed by atoms with Crippen LogP contribution in [0.1, 0.15) is 24.8 Å². The fourth-order valence-corrected chi connectivity index (χ4v) is 6.08. The number of piperidine rings is 1. The van der Waals surface area contributed by atoms with Crippen LogP contribution in [-0.2, 0) is 19.6 Å². The number of halogens is 2. The predicted molar refractivity (Wildman–Crippen MR) is 131 cm³/mol. The summed E-state index contributed by atoms with van der Waals surface area (Å²) in [5.74, 6) is 0.198. The number of nitrogens with zero attached hydrogens (tertiary/aromatic N) is 2. The van der Waals surface area contributed by atoms with Gasteiger partial charge in [-0.2, -0.15) is 4.31 Å². The van der Waals surface area contributed by atoms with Crippen LogP contribution in [0, 0.1) is 18.2 Å². The van der Waals surface area contributed by atoms with E-state index in [1.807, 2.05) is 13.0 Å². The molecule has 0 bridgehead atoms. The van der Waals surface area contributed by atoms with Gasteiger partial charge in [0.1, 0.15) is 11.6 Å². The SMILES string of the molecule is Cc1cc(OCC2(CC(=O)N3CCOCC3)CCN(S(=O)(=O)c3ccc(F)cc3)CC2)ccc1Cl. The van der Waals surface area contributed by atoms with Gasteiger partial charge in [-0.05, 0) is 67.8 Å². The summed E-state index contributed by atoms with van der Waals surface area (Å²) in [6, 6.07) is 10.3. The van der Waals surface area contributed by atoms with Crippen LogP contribution in [-0.4, -0.2) is 69.5 Å². The molecule has 7 nitrogen and oxygen atoms in total. The van der Waals surface area contributed by atoms with Crippen LogP contribution < -0.4 is 4.74 Å². The van der Waals surface area contributed by atoms with Crippen molar-refractivity contribution in [1.29, 1.82) is 0 Å². The highest BCUT2D eigenvalue weighted by atomic mass is 35.5. The molecule has 2 aromatic carbocycles. The number of ether oxygens (including phenoxy) is 2. The molecule has 0 unspecified atom stereocenters. The van der Waals surface area contributed by atoms with Gasteiger partial charge in [-0.15, -0.1) is 0 Å². The summed E-state index contributed by atoms with van der Waals surface area (Å²) in [6.07, 6.45) is 1.20. The summed E-state index contributed by atoms with van der Waals surface area (Å²) in [5.41, 5.74) is 0.375. The number of carbonyl (C=O) groups is 1. The van der Waals surface area contributed by atoms with Gasteiger partial charge in [-0.25, -0.2) is 12.8 Å². The Morgan fingerprint density at radius 3 is 2.37 bits per heavy atom. The van der Waals surface area contributed by atoms with Crippen molar-refractivity contribution in [2.75, 3.05) is 46.0 Å². The highest BCUT2D eigenvalue weighted by Crippen LogP contribution is 2.38. The van der Waals surface area contributed by atoms with Crippen molar-refractivity contribution >= 4 is 27.5 Å². The zero-order valence-corrected chi connectivity index (χ0v) is 21.3. The Kier molecular flexibility index (Phi) is 8.00. The van der Waals surface area contributed by atoms with Gasteiger partial charge >= 0.3 is 0 Å². The second kappa shape index (κ2) is 10.8. The first kappa shape index (κ1) is 25.9. The Labute approximate surface area is 210 Å². The minimum absolute atomic E-state index is 0.0269. The number of benzene rings is 2. The number of carbonyl (C=O) groups excluding carboxylic acids is 1. The lowest BCUT2D eigenvalue weighted by Crippen LogP contribution is -2.49. The predicted octanol–water partition coefficient (Wildman–Crippen LogP) is 3.89. The van der Waals surface area contributed by atoms with E-state index in [1.165, 1.54) is 16.4 Å². The standard InChI is InChI=1S/C25H30ClFN2O5S/c1-19-16-21(4-7-23(19)26)34-18-25(17-24(30)28-12-14-33-15-13-28)8-10-29(11-9-25)35(31,32)22-5-2-20(27)3-6-22/h2-7,16H,8-15,17-18H2,1H3. The molecule has 2 heterocycles. The van der Waals surface area contributed by atoms with Crippen molar-refractivity contribution in [3.63, 3.8) is 0 Å². The summed E-state index contributed by atoms with van der Waals surface area (Å²) in [7, 11) is -3.76. The van der Waals surface area contributed by atoms with Crippen LogP contribution in [0.15, 0.2) is 47.4 Å². The normalized spacial score (nSPS) is 18.9. The Morgan fingerprint density at radius 2 is 1.74 bits per heavy atom. The summed E-state index contributed by atoms with van der Waals surface area (Å²) < 4.78 is 52.4. The van der Waals surface area contributed by atoms with Crippen molar-refractivity contribution in [2.45, 2.75) is 31.1 Å². The first-order chi connectivity index (χ1) is 16.7. The van der Waals surface area contributed by atoms with Gasteiger partial charge in [0.25, 0.3) is 0 Å². The van der Waals surface area contributed by atoms with Crippen molar-refractivity contribution in [3.8, 4) is 5.75 Å². The molecule has 0 radical (unpaired) electrons. The summed E-state index contributed by atoms with van der Waals surface area (Å²) in [5, 5.41) is 0.647. The van der Waals surface area contributed by atoms with Crippen LogP contribution >= 0.6 is 11.6 Å². The highest BCUT2D eigenvalue weighted by Gasteiger charge is 2.41. The number of sulfonamides is 1. The molecular weight excluding hydrogens is 495 g/mol. The number of hydrogen-bond donors (Lipinski definition) is 0. The van der Waals surface area contributed by atoms with Crippen LogP contribution in [0.3, 0.4) is 0 Å². The number of rotatable bonds is 7. The topological polar surface area (TPSA) is 76.2 Å². The van der Waals surface area contributed by atoms with E-state index in [0.29, 0.717) is 49.9 Å². The van der Waals surface area contributed by atoms with Crippen molar-refractivity contribution in [1.82, 2.24) is 9.21 Å². The fraction of sp³-hybridized carbons (Fsp3) is 0.480. The average molecular weight is 525 g/mol. The molecular formula is C25H30ClFN2O5S. The lowest BCUT2D eigenvalue weighted by atomic mass is 9.76. The van der Waals surface area contributed by atoms with E-state index in [2.05, 4.69) is 0 Å². The highest BCUT2D eigenvalue weighted by molar-refractivity contribution is 7.89. The third-order valence-corrected chi connectivity index (χ3v) is 9.14. The van der Waals surface area contributed by atoms with Gasteiger partial charge in [0.15, 0.2) is 0 Å². The third kappa shape index (κ3) is 6.14. The van der Waals surface area contributed by atoms with Crippen LogP contribution in [0.2, 0.25) is 5.02 Å². The van der Waals surface area contributed by atoms with Gasteiger partial charge < -0.3 is 14.4 Å². The van der Waals surface area contributed by atoms with E-state index < -0.39 is 21.3 Å². The van der Waals surface area contributed by atoms with Crippen molar-refractivity contribution < 1.29 is 27.1 Å². The lowest BCUT2D eigenvalue weighted by Gasteiger charge is -2.41. The minimum atomic E-state index is -3.76. The van der Waals surface area contributed by atoms with E-state index in [9.17, 15) is 17.6 Å². The Morgan fingerprint density at radius 1 is 1.09 bits per heavy atom. The molecule has 1 amide bonds. The number of morpholine rings is 1. The van der Waals surface area contributed by atoms with Gasteiger partial charge in [0.2, 0.25) is 15.9 Å². The summed E-state index contributed by atoms with van der Waals surface area (Å²) in [4.78, 5) is 15.0. The zero-order chi connectivity index (χ0) is 25.1. The quantitative estimate of drug-likeness (QED) is 0.549. The molecule has 0 aliphatic carbocycles. The monoisotopic (exact) mass is 524 g/mol. The summed E-state index contributed by atoms with van der Waals surface area (Å²) in [6.45, 7) is 4.82.